The highest BCUT2D eigenvalue weighted by molar-refractivity contribution is 6.33. The van der Waals surface area contributed by atoms with Crippen molar-refractivity contribution in [3.63, 3.8) is 0 Å². The Hall–Kier alpha value is -2.27. The number of ether oxygens (including phenoxy) is 1. The minimum atomic E-state index is -0.626. The van der Waals surface area contributed by atoms with Crippen LogP contribution in [0.25, 0.3) is 0 Å². The summed E-state index contributed by atoms with van der Waals surface area (Å²) in [5.41, 5.74) is 1.20. The molecule has 0 aliphatic carbocycles. The van der Waals surface area contributed by atoms with Gasteiger partial charge in [0.15, 0.2) is 6.10 Å². The Kier molecular flexibility index (Phi) is 5.58. The molecule has 2 heterocycles. The second kappa shape index (κ2) is 7.31. The first-order valence-electron chi connectivity index (χ1n) is 8.07. The van der Waals surface area contributed by atoms with Crippen LogP contribution in [0.1, 0.15) is 27.7 Å². The van der Waals surface area contributed by atoms with E-state index in [1.165, 1.54) is 0 Å². The van der Waals surface area contributed by atoms with Crippen molar-refractivity contribution in [3.05, 3.63) is 48.0 Å². The van der Waals surface area contributed by atoms with Crippen molar-refractivity contribution in [2.24, 2.45) is 0 Å². The second-order valence-electron chi connectivity index (χ2n) is 6.88. The third-order valence-electron chi connectivity index (χ3n) is 3.54. The number of carbonyl (C=O) groups excluding carboxylic acids is 1. The Morgan fingerprint density at radius 3 is 2.72 bits per heavy atom. The quantitative estimate of drug-likeness (QED) is 0.792. The maximum Gasteiger partial charge on any atom is 0.268 e. The SMILES string of the molecule is C=C/C=C(\C=C)CN1C(=O)C(C)Oc2nc(NC(C)(C)C)c(Cl)cc21. The van der Waals surface area contributed by atoms with Gasteiger partial charge in [-0.05, 0) is 39.3 Å². The zero-order valence-corrected chi connectivity index (χ0v) is 15.9. The number of pyridine rings is 1. The molecule has 0 bridgehead atoms. The van der Waals surface area contributed by atoms with Crippen molar-refractivity contribution in [3.8, 4) is 5.88 Å². The smallest absolute Gasteiger partial charge is 0.268 e. The summed E-state index contributed by atoms with van der Waals surface area (Å²) in [6.07, 6.45) is 4.54. The lowest BCUT2D eigenvalue weighted by Crippen LogP contribution is -2.45. The van der Waals surface area contributed by atoms with Gasteiger partial charge in [-0.15, -0.1) is 0 Å². The standard InChI is InChI=1S/C19H24ClN3O2/c1-7-9-13(8-2)11-23-15-10-14(20)16(22-19(4,5)6)21-17(15)25-12(3)18(23)24/h7-10,12H,1-2,11H2,3-6H3,(H,21,22)/b13-9+. The van der Waals surface area contributed by atoms with Crippen molar-refractivity contribution in [1.29, 1.82) is 0 Å². The van der Waals surface area contributed by atoms with Crippen LogP contribution >= 0.6 is 11.6 Å². The molecule has 2 rings (SSSR count). The average molecular weight is 362 g/mol. The number of nitrogens with one attached hydrogen (secondary N) is 1. The fraction of sp³-hybridized carbons (Fsp3) is 0.368. The molecule has 134 valence electrons. The molecule has 0 saturated carbocycles. The summed E-state index contributed by atoms with van der Waals surface area (Å²) in [7, 11) is 0. The molecule has 1 aromatic rings. The number of nitrogens with zero attached hydrogens (tertiary/aromatic N) is 2. The molecule has 5 nitrogen and oxygen atoms in total. The van der Waals surface area contributed by atoms with E-state index in [9.17, 15) is 4.79 Å². The Morgan fingerprint density at radius 1 is 1.48 bits per heavy atom. The summed E-state index contributed by atoms with van der Waals surface area (Å²) < 4.78 is 5.69. The summed E-state index contributed by atoms with van der Waals surface area (Å²) in [5.74, 6) is 0.754. The van der Waals surface area contributed by atoms with E-state index >= 15 is 0 Å². The van der Waals surface area contributed by atoms with Gasteiger partial charge in [-0.25, -0.2) is 0 Å². The zero-order chi connectivity index (χ0) is 18.8. The van der Waals surface area contributed by atoms with Gasteiger partial charge in [0.2, 0.25) is 5.88 Å². The van der Waals surface area contributed by atoms with Gasteiger partial charge in [0.25, 0.3) is 5.91 Å². The van der Waals surface area contributed by atoms with E-state index < -0.39 is 6.10 Å². The van der Waals surface area contributed by atoms with E-state index in [0.29, 0.717) is 29.0 Å². The Morgan fingerprint density at radius 2 is 2.16 bits per heavy atom. The normalized spacial score (nSPS) is 17.6. The van der Waals surface area contributed by atoms with Gasteiger partial charge in [0, 0.05) is 5.54 Å². The van der Waals surface area contributed by atoms with E-state index in [2.05, 4.69) is 23.5 Å². The predicted octanol–water partition coefficient (Wildman–Crippen LogP) is 4.36. The topological polar surface area (TPSA) is 54.5 Å². The van der Waals surface area contributed by atoms with Crippen molar-refractivity contribution in [2.45, 2.75) is 39.3 Å². The van der Waals surface area contributed by atoms with Crippen LogP contribution in [0.5, 0.6) is 5.88 Å². The molecule has 0 fully saturated rings. The molecule has 1 amide bonds. The van der Waals surface area contributed by atoms with Gasteiger partial charge >= 0.3 is 0 Å². The second-order valence-corrected chi connectivity index (χ2v) is 7.29. The molecule has 1 aromatic heterocycles. The van der Waals surface area contributed by atoms with Gasteiger partial charge < -0.3 is 10.1 Å². The van der Waals surface area contributed by atoms with E-state index in [1.807, 2.05) is 26.8 Å². The Bertz CT molecular complexity index is 735. The molecule has 0 saturated heterocycles. The molecule has 25 heavy (non-hydrogen) atoms. The lowest BCUT2D eigenvalue weighted by atomic mass is 10.1. The maximum atomic E-state index is 12.6. The van der Waals surface area contributed by atoms with E-state index in [-0.39, 0.29) is 11.4 Å². The number of fused-ring (bicyclic) bond motifs is 1. The minimum absolute atomic E-state index is 0.154. The van der Waals surface area contributed by atoms with Crippen LogP contribution in [0.15, 0.2) is 43.0 Å². The molecule has 1 N–H and O–H groups in total. The van der Waals surface area contributed by atoms with Crippen LogP contribution < -0.4 is 15.0 Å². The number of anilines is 2. The van der Waals surface area contributed by atoms with Gasteiger partial charge in [-0.2, -0.15) is 4.98 Å². The van der Waals surface area contributed by atoms with Crippen LogP contribution in [0.2, 0.25) is 5.02 Å². The first kappa shape index (κ1) is 19.1. The van der Waals surface area contributed by atoms with Crippen LogP contribution in [-0.4, -0.2) is 29.1 Å². The summed E-state index contributed by atoms with van der Waals surface area (Å²) in [5, 5.41) is 3.67. The summed E-state index contributed by atoms with van der Waals surface area (Å²) >= 11 is 6.38. The monoisotopic (exact) mass is 361 g/mol. The lowest BCUT2D eigenvalue weighted by Gasteiger charge is -2.33. The number of carbonyl (C=O) groups is 1. The highest BCUT2D eigenvalue weighted by atomic mass is 35.5. The summed E-state index contributed by atoms with van der Waals surface area (Å²) in [4.78, 5) is 18.7. The van der Waals surface area contributed by atoms with Crippen molar-refractivity contribution in [1.82, 2.24) is 4.98 Å². The molecule has 6 heteroatoms. The van der Waals surface area contributed by atoms with Gasteiger partial charge in [0.1, 0.15) is 11.5 Å². The number of amides is 1. The average Bonchev–Trinajstić information content (AvgIpc) is 2.51. The fourth-order valence-electron chi connectivity index (χ4n) is 2.42. The van der Waals surface area contributed by atoms with Crippen molar-refractivity contribution >= 4 is 29.0 Å². The molecule has 1 aliphatic rings. The van der Waals surface area contributed by atoms with Crippen LogP contribution in [0.4, 0.5) is 11.5 Å². The first-order chi connectivity index (χ1) is 11.7. The minimum Gasteiger partial charge on any atom is -0.463 e. The summed E-state index contributed by atoms with van der Waals surface area (Å²) in [6, 6.07) is 1.70. The number of aromatic nitrogens is 1. The molecule has 1 atom stereocenters. The maximum absolute atomic E-state index is 12.6. The number of allylic oxidation sites excluding steroid dienone is 2. The predicted molar refractivity (Wildman–Crippen MR) is 104 cm³/mol. The zero-order valence-electron chi connectivity index (χ0n) is 15.1. The molecular formula is C19H24ClN3O2. The largest absolute Gasteiger partial charge is 0.463 e. The third-order valence-corrected chi connectivity index (χ3v) is 3.83. The fourth-order valence-corrected chi connectivity index (χ4v) is 2.62. The lowest BCUT2D eigenvalue weighted by molar-refractivity contribution is -0.125. The molecular weight excluding hydrogens is 338 g/mol. The van der Waals surface area contributed by atoms with Crippen LogP contribution in [-0.2, 0) is 4.79 Å². The highest BCUT2D eigenvalue weighted by Gasteiger charge is 2.34. The highest BCUT2D eigenvalue weighted by Crippen LogP contribution is 2.38. The van der Waals surface area contributed by atoms with Gasteiger partial charge in [0.05, 0.1) is 11.6 Å². The number of rotatable bonds is 5. The van der Waals surface area contributed by atoms with E-state index in [4.69, 9.17) is 16.3 Å². The van der Waals surface area contributed by atoms with Crippen LogP contribution in [0.3, 0.4) is 0 Å². The number of halogens is 1. The third kappa shape index (κ3) is 4.42. The van der Waals surface area contributed by atoms with E-state index in [0.717, 1.165) is 5.57 Å². The number of hydrogen-bond donors (Lipinski definition) is 1. The Balaban J connectivity index is 2.47. The molecule has 0 radical (unpaired) electrons. The number of hydrogen-bond acceptors (Lipinski definition) is 4. The van der Waals surface area contributed by atoms with Crippen LogP contribution in [0, 0.1) is 0 Å². The molecule has 1 unspecified atom stereocenters. The van der Waals surface area contributed by atoms with Gasteiger partial charge in [-0.3, -0.25) is 9.69 Å². The molecule has 1 aliphatic heterocycles. The Labute approximate surface area is 154 Å². The molecule has 0 aromatic carbocycles. The van der Waals surface area contributed by atoms with Gasteiger partial charge in [-0.1, -0.05) is 43.0 Å². The van der Waals surface area contributed by atoms with Crippen molar-refractivity contribution < 1.29 is 9.53 Å². The first-order valence-corrected chi connectivity index (χ1v) is 8.45. The van der Waals surface area contributed by atoms with E-state index in [1.54, 1.807) is 30.0 Å². The summed E-state index contributed by atoms with van der Waals surface area (Å²) in [6.45, 7) is 15.6. The molecule has 0 spiro atoms. The van der Waals surface area contributed by atoms with Crippen molar-refractivity contribution in [2.75, 3.05) is 16.8 Å².